The lowest BCUT2D eigenvalue weighted by molar-refractivity contribution is 0.0570. The van der Waals surface area contributed by atoms with Crippen LogP contribution in [0.15, 0.2) is 90.9 Å². The zero-order valence-electron chi connectivity index (χ0n) is 27.9. The third-order valence-corrected chi connectivity index (χ3v) is 9.63. The zero-order valence-corrected chi connectivity index (χ0v) is 28.6. The molecule has 0 aliphatic carbocycles. The van der Waals surface area contributed by atoms with Crippen LogP contribution >= 0.6 is 11.6 Å². The molecule has 6 rings (SSSR count). The molecule has 4 aromatic rings. The number of hydrogen-bond acceptors (Lipinski definition) is 8. The van der Waals surface area contributed by atoms with Crippen LogP contribution in [0.25, 0.3) is 10.9 Å². The third-order valence-electron chi connectivity index (χ3n) is 9.34. The van der Waals surface area contributed by atoms with E-state index in [1.807, 2.05) is 30.3 Å². The van der Waals surface area contributed by atoms with Gasteiger partial charge < -0.3 is 16.1 Å². The molecule has 8 nitrogen and oxygen atoms in total. The number of benzene rings is 3. The van der Waals surface area contributed by atoms with Crippen LogP contribution in [-0.4, -0.2) is 39.6 Å². The number of aromatic nitrogens is 1. The van der Waals surface area contributed by atoms with Crippen molar-refractivity contribution in [1.82, 2.24) is 25.9 Å². The van der Waals surface area contributed by atoms with Crippen molar-refractivity contribution in [3.63, 3.8) is 0 Å². The van der Waals surface area contributed by atoms with Gasteiger partial charge in [0.05, 0.1) is 39.6 Å². The van der Waals surface area contributed by atoms with Crippen LogP contribution in [-0.2, 0) is 0 Å². The monoisotopic (exact) mass is 648 g/mol. The molecule has 3 heterocycles. The lowest BCUT2D eigenvalue weighted by Crippen LogP contribution is -2.52. The summed E-state index contributed by atoms with van der Waals surface area (Å²) in [6.07, 6.45) is 5.98. The largest absolute Gasteiger partial charge is 0.376 e. The Morgan fingerprint density at radius 3 is 2.23 bits per heavy atom. The summed E-state index contributed by atoms with van der Waals surface area (Å²) in [5.74, 6) is 0.267. The highest BCUT2D eigenvalue weighted by atomic mass is 35.5. The molecule has 0 bridgehead atoms. The first-order valence-electron chi connectivity index (χ1n) is 16.5. The van der Waals surface area contributed by atoms with Crippen molar-refractivity contribution in [2.24, 2.45) is 5.92 Å². The van der Waals surface area contributed by atoms with E-state index in [0.29, 0.717) is 22.1 Å². The van der Waals surface area contributed by atoms with Crippen LogP contribution < -0.4 is 21.6 Å². The first-order chi connectivity index (χ1) is 22.6. The van der Waals surface area contributed by atoms with E-state index in [2.05, 4.69) is 126 Å². The standard InChI is InChI=1S/C38H45ClN8/c1-25(2)34(26-12-8-6-9-13-26)43-35-28(22-40)23-41-37-31(35)20-29(21-32(37)39)42-36(27-14-10-7-11-15-27)33-24-47(45-44-33)30-16-18-46(19-17-30)38(3,4)5/h6-15,20-21,23-25,30,34,36,42,44-45H,16-19H2,1-5H3,(H,41,43)/t34?,36-/m0/s1. The maximum atomic E-state index is 10.2. The molecular formula is C38H45ClN8. The number of nitrogens with zero attached hydrogens (tertiary/aromatic N) is 4. The molecule has 244 valence electrons. The van der Waals surface area contributed by atoms with Gasteiger partial charge in [-0.25, -0.2) is 0 Å². The van der Waals surface area contributed by atoms with Gasteiger partial charge in [0.15, 0.2) is 0 Å². The molecule has 3 aromatic carbocycles. The lowest BCUT2D eigenvalue weighted by atomic mass is 9.95. The Morgan fingerprint density at radius 1 is 0.957 bits per heavy atom. The average molecular weight is 649 g/mol. The first kappa shape index (κ1) is 32.6. The van der Waals surface area contributed by atoms with E-state index in [1.54, 1.807) is 6.20 Å². The topological polar surface area (TPSA) is 91.3 Å². The second kappa shape index (κ2) is 13.8. The average Bonchev–Trinajstić information content (AvgIpc) is 3.56. The summed E-state index contributed by atoms with van der Waals surface area (Å²) in [7, 11) is 0. The predicted octanol–water partition coefficient (Wildman–Crippen LogP) is 8.15. The number of likely N-dealkylation sites (tertiary alicyclic amines) is 1. The number of nitrogens with one attached hydrogen (secondary N) is 4. The summed E-state index contributed by atoms with van der Waals surface area (Å²) in [6.45, 7) is 13.4. The van der Waals surface area contributed by atoms with Crippen LogP contribution in [0.5, 0.6) is 0 Å². The van der Waals surface area contributed by atoms with Gasteiger partial charge >= 0.3 is 0 Å². The molecule has 1 aromatic heterocycles. The fourth-order valence-electron chi connectivity index (χ4n) is 6.69. The van der Waals surface area contributed by atoms with Gasteiger partial charge in [-0.1, -0.05) is 86.1 Å². The van der Waals surface area contributed by atoms with E-state index in [1.165, 1.54) is 0 Å². The van der Waals surface area contributed by atoms with Gasteiger partial charge in [-0.15, -0.1) is 5.53 Å². The van der Waals surface area contributed by atoms with Gasteiger partial charge in [-0.2, -0.15) is 5.26 Å². The molecule has 2 atom stereocenters. The Morgan fingerprint density at radius 2 is 1.62 bits per heavy atom. The second-order valence-electron chi connectivity index (χ2n) is 13.9. The molecule has 0 spiro atoms. The number of halogens is 1. The van der Waals surface area contributed by atoms with Crippen LogP contribution in [0, 0.1) is 17.2 Å². The molecule has 0 amide bonds. The van der Waals surface area contributed by atoms with Gasteiger partial charge in [0, 0.05) is 48.1 Å². The number of piperidine rings is 1. The molecule has 9 heteroatoms. The Bertz CT molecular complexity index is 1750. The number of hydrogen-bond donors (Lipinski definition) is 4. The maximum absolute atomic E-state index is 10.2. The van der Waals surface area contributed by atoms with Crippen molar-refractivity contribution in [3.05, 3.63) is 113 Å². The number of rotatable bonds is 9. The number of anilines is 2. The fourth-order valence-corrected chi connectivity index (χ4v) is 6.96. The van der Waals surface area contributed by atoms with Crippen LogP contribution in [0.3, 0.4) is 0 Å². The van der Waals surface area contributed by atoms with E-state index < -0.39 is 0 Å². The summed E-state index contributed by atoms with van der Waals surface area (Å²) < 4.78 is 0. The quantitative estimate of drug-likeness (QED) is 0.145. The highest BCUT2D eigenvalue weighted by Gasteiger charge is 2.32. The van der Waals surface area contributed by atoms with Crippen molar-refractivity contribution in [2.45, 2.75) is 71.1 Å². The summed E-state index contributed by atoms with van der Waals surface area (Å²) in [6, 6.07) is 27.3. The number of nitriles is 1. The molecule has 2 aliphatic heterocycles. The Kier molecular flexibility index (Phi) is 9.60. The molecule has 2 aliphatic rings. The Labute approximate surface area is 283 Å². The highest BCUT2D eigenvalue weighted by molar-refractivity contribution is 6.35. The zero-order chi connectivity index (χ0) is 33.1. The molecule has 47 heavy (non-hydrogen) atoms. The summed E-state index contributed by atoms with van der Waals surface area (Å²) in [4.78, 5) is 7.17. The fraction of sp³-hybridized carbons (Fsp3) is 0.368. The first-order valence-corrected chi connectivity index (χ1v) is 16.9. The number of fused-ring (bicyclic) bond motifs is 1. The second-order valence-corrected chi connectivity index (χ2v) is 14.3. The number of pyridine rings is 1. The van der Waals surface area contributed by atoms with Crippen molar-refractivity contribution in [3.8, 4) is 6.07 Å². The Balaban J connectivity index is 1.33. The minimum atomic E-state index is -0.187. The molecule has 1 fully saturated rings. The van der Waals surface area contributed by atoms with Crippen LogP contribution in [0.4, 0.5) is 11.4 Å². The molecule has 1 unspecified atom stereocenters. The molecule has 1 saturated heterocycles. The van der Waals surface area contributed by atoms with Gasteiger partial charge in [0.25, 0.3) is 0 Å². The summed E-state index contributed by atoms with van der Waals surface area (Å²) >= 11 is 6.94. The van der Waals surface area contributed by atoms with Crippen LogP contribution in [0.2, 0.25) is 5.02 Å². The van der Waals surface area contributed by atoms with Crippen molar-refractivity contribution in [1.29, 1.82) is 5.26 Å². The SMILES string of the molecule is CC(C)C(Nc1c(C#N)cnc2c(Cl)cc(N[C@H](C3=CN(C4CCN(C(C)(C)C)CC4)NN3)c3ccccc3)cc12)c1ccccc1. The predicted molar refractivity (Wildman–Crippen MR) is 192 cm³/mol. The van der Waals surface area contributed by atoms with Gasteiger partial charge in [-0.3, -0.25) is 14.9 Å². The summed E-state index contributed by atoms with van der Waals surface area (Å²) in [5, 5.41) is 21.2. The van der Waals surface area contributed by atoms with E-state index in [9.17, 15) is 5.26 Å². The molecule has 0 saturated carbocycles. The normalized spacial score (nSPS) is 17.2. The highest BCUT2D eigenvalue weighted by Crippen LogP contribution is 2.38. The minimum absolute atomic E-state index is 0.0125. The van der Waals surface area contributed by atoms with Gasteiger partial charge in [-0.05, 0) is 62.8 Å². The van der Waals surface area contributed by atoms with E-state index >= 15 is 0 Å². The smallest absolute Gasteiger partial charge is 0.103 e. The lowest BCUT2D eigenvalue weighted by Gasteiger charge is -2.42. The van der Waals surface area contributed by atoms with Crippen LogP contribution in [0.1, 0.15) is 76.2 Å². The molecule has 4 N–H and O–H groups in total. The molecule has 0 radical (unpaired) electrons. The third kappa shape index (κ3) is 7.18. The van der Waals surface area contributed by atoms with E-state index in [4.69, 9.17) is 11.6 Å². The Hall–Kier alpha value is -4.29. The van der Waals surface area contributed by atoms with E-state index in [-0.39, 0.29) is 23.5 Å². The van der Waals surface area contributed by atoms with Gasteiger partial charge in [0.2, 0.25) is 0 Å². The summed E-state index contributed by atoms with van der Waals surface area (Å²) in [5.41, 5.74) is 13.0. The van der Waals surface area contributed by atoms with Crippen molar-refractivity contribution >= 4 is 33.9 Å². The van der Waals surface area contributed by atoms with E-state index in [0.717, 1.165) is 59.5 Å². The minimum Gasteiger partial charge on any atom is -0.376 e. The van der Waals surface area contributed by atoms with Crippen molar-refractivity contribution in [2.75, 3.05) is 23.7 Å². The van der Waals surface area contributed by atoms with Gasteiger partial charge in [0.1, 0.15) is 6.07 Å². The number of hydrazine groups is 2. The maximum Gasteiger partial charge on any atom is 0.103 e. The van der Waals surface area contributed by atoms with Crippen molar-refractivity contribution < 1.29 is 0 Å². The molecular weight excluding hydrogens is 604 g/mol.